The molecule has 0 atom stereocenters. The van der Waals surface area contributed by atoms with Crippen molar-refractivity contribution in [1.29, 1.82) is 0 Å². The lowest BCUT2D eigenvalue weighted by molar-refractivity contribution is -0.123. The number of nitrogens with zero attached hydrogens (tertiary/aromatic N) is 1. The first-order valence-corrected chi connectivity index (χ1v) is 8.69. The van der Waals surface area contributed by atoms with Crippen LogP contribution >= 0.6 is 11.3 Å². The van der Waals surface area contributed by atoms with Crippen LogP contribution in [0.25, 0.3) is 0 Å². The fraction of sp³-hybridized carbons (Fsp3) is 0.158. The lowest BCUT2D eigenvalue weighted by Crippen LogP contribution is -2.28. The van der Waals surface area contributed by atoms with Crippen molar-refractivity contribution in [3.63, 3.8) is 0 Å². The monoisotopic (exact) mass is 354 g/mol. The Bertz CT molecular complexity index is 800. The number of carbonyl (C=O) groups excluding carboxylic acids is 1. The molecule has 3 rings (SSSR count). The molecule has 0 saturated carbocycles. The van der Waals surface area contributed by atoms with E-state index in [-0.39, 0.29) is 12.5 Å². The average molecular weight is 354 g/mol. The molecule has 0 radical (unpaired) electrons. The Balaban J connectivity index is 1.43. The minimum atomic E-state index is -0.163. The Hall–Kier alpha value is -2.86. The third-order valence-corrected chi connectivity index (χ3v) is 4.07. The predicted octanol–water partition coefficient (Wildman–Crippen LogP) is 3.94. The van der Waals surface area contributed by atoms with Crippen molar-refractivity contribution in [2.45, 2.75) is 13.5 Å². The van der Waals surface area contributed by atoms with Gasteiger partial charge in [0.15, 0.2) is 6.61 Å². The summed E-state index contributed by atoms with van der Waals surface area (Å²) in [6, 6.07) is 15.1. The zero-order valence-corrected chi connectivity index (χ0v) is 14.6. The smallest absolute Gasteiger partial charge is 0.278 e. The van der Waals surface area contributed by atoms with Gasteiger partial charge in [0.05, 0.1) is 0 Å². The van der Waals surface area contributed by atoms with E-state index in [1.807, 2.05) is 60.8 Å². The molecule has 3 aromatic rings. The Labute approximate surface area is 150 Å². The van der Waals surface area contributed by atoms with E-state index in [1.54, 1.807) is 6.20 Å². The highest BCUT2D eigenvalue weighted by Gasteiger charge is 2.04. The van der Waals surface area contributed by atoms with Crippen molar-refractivity contribution in [3.05, 3.63) is 71.2 Å². The lowest BCUT2D eigenvalue weighted by Gasteiger charge is -2.08. The standard InChI is InChI=1S/C19H18N2O3S/c1-14-2-6-16(7-3-14)23-13-18(22)21-12-15-4-8-17(9-5-15)24-19-20-10-11-25-19/h2-11H,12-13H2,1H3,(H,21,22). The molecule has 1 N–H and O–H groups in total. The van der Waals surface area contributed by atoms with E-state index in [0.29, 0.717) is 23.2 Å². The molecule has 128 valence electrons. The summed E-state index contributed by atoms with van der Waals surface area (Å²) in [5, 5.41) is 5.30. The lowest BCUT2D eigenvalue weighted by atomic mass is 10.2. The zero-order valence-electron chi connectivity index (χ0n) is 13.8. The fourth-order valence-corrected chi connectivity index (χ4v) is 2.58. The second-order valence-electron chi connectivity index (χ2n) is 5.42. The van der Waals surface area contributed by atoms with Gasteiger partial charge in [0.1, 0.15) is 11.5 Å². The normalized spacial score (nSPS) is 10.3. The van der Waals surface area contributed by atoms with Gasteiger partial charge in [-0.2, -0.15) is 0 Å². The number of carbonyl (C=O) groups is 1. The number of rotatable bonds is 7. The Kier molecular flexibility index (Phi) is 5.64. The topological polar surface area (TPSA) is 60.5 Å². The summed E-state index contributed by atoms with van der Waals surface area (Å²) in [7, 11) is 0. The fourth-order valence-electron chi connectivity index (χ4n) is 2.07. The molecule has 2 aromatic carbocycles. The molecule has 0 bridgehead atoms. The van der Waals surface area contributed by atoms with Crippen LogP contribution in [-0.2, 0) is 11.3 Å². The number of amides is 1. The molecule has 0 fully saturated rings. The molecular formula is C19H18N2O3S. The first-order chi connectivity index (χ1) is 12.2. The minimum absolute atomic E-state index is 0.00565. The molecule has 25 heavy (non-hydrogen) atoms. The molecule has 1 heterocycles. The molecule has 0 aliphatic heterocycles. The summed E-state index contributed by atoms with van der Waals surface area (Å²) in [4.78, 5) is 15.9. The largest absolute Gasteiger partial charge is 0.484 e. The third kappa shape index (κ3) is 5.32. The van der Waals surface area contributed by atoms with Gasteiger partial charge in [-0.15, -0.1) is 0 Å². The van der Waals surface area contributed by atoms with Crippen LogP contribution in [0.4, 0.5) is 0 Å². The maximum Gasteiger partial charge on any atom is 0.278 e. The maximum atomic E-state index is 11.9. The summed E-state index contributed by atoms with van der Waals surface area (Å²) < 4.78 is 11.0. The van der Waals surface area contributed by atoms with E-state index < -0.39 is 0 Å². The van der Waals surface area contributed by atoms with Crippen LogP contribution in [0.5, 0.6) is 16.7 Å². The Morgan fingerprint density at radius 2 is 1.80 bits per heavy atom. The van der Waals surface area contributed by atoms with E-state index in [4.69, 9.17) is 9.47 Å². The van der Waals surface area contributed by atoms with E-state index in [9.17, 15) is 4.79 Å². The third-order valence-electron chi connectivity index (χ3n) is 3.42. The molecule has 1 aromatic heterocycles. The van der Waals surface area contributed by atoms with Gasteiger partial charge in [0.25, 0.3) is 11.1 Å². The van der Waals surface area contributed by atoms with Crippen molar-refractivity contribution in [2.24, 2.45) is 0 Å². The Morgan fingerprint density at radius 1 is 1.08 bits per heavy atom. The highest BCUT2D eigenvalue weighted by Crippen LogP contribution is 2.23. The quantitative estimate of drug-likeness (QED) is 0.698. The van der Waals surface area contributed by atoms with Gasteiger partial charge < -0.3 is 14.8 Å². The number of aromatic nitrogens is 1. The average Bonchev–Trinajstić information content (AvgIpc) is 3.14. The second kappa shape index (κ2) is 8.30. The summed E-state index contributed by atoms with van der Waals surface area (Å²) in [5.74, 6) is 1.24. The molecule has 5 nitrogen and oxygen atoms in total. The first-order valence-electron chi connectivity index (χ1n) is 7.81. The molecule has 0 spiro atoms. The van der Waals surface area contributed by atoms with Gasteiger partial charge in [-0.05, 0) is 36.8 Å². The van der Waals surface area contributed by atoms with E-state index >= 15 is 0 Å². The van der Waals surface area contributed by atoms with Crippen molar-refractivity contribution in [1.82, 2.24) is 10.3 Å². The van der Waals surface area contributed by atoms with Gasteiger partial charge in [-0.3, -0.25) is 4.79 Å². The molecule has 0 aliphatic rings. The highest BCUT2D eigenvalue weighted by molar-refractivity contribution is 7.11. The number of aryl methyl sites for hydroxylation is 1. The van der Waals surface area contributed by atoms with Crippen LogP contribution in [0.2, 0.25) is 0 Å². The van der Waals surface area contributed by atoms with Crippen LogP contribution in [0.3, 0.4) is 0 Å². The van der Waals surface area contributed by atoms with Gasteiger partial charge in [0.2, 0.25) is 0 Å². The summed E-state index contributed by atoms with van der Waals surface area (Å²) >= 11 is 1.44. The SMILES string of the molecule is Cc1ccc(OCC(=O)NCc2ccc(Oc3nccs3)cc2)cc1. The summed E-state index contributed by atoms with van der Waals surface area (Å²) in [6.07, 6.45) is 1.70. The summed E-state index contributed by atoms with van der Waals surface area (Å²) in [6.45, 7) is 2.44. The maximum absolute atomic E-state index is 11.9. The van der Waals surface area contributed by atoms with E-state index in [2.05, 4.69) is 10.3 Å². The second-order valence-corrected chi connectivity index (χ2v) is 6.28. The van der Waals surface area contributed by atoms with Crippen LogP contribution < -0.4 is 14.8 Å². The van der Waals surface area contributed by atoms with Gasteiger partial charge in [0, 0.05) is 18.1 Å². The molecule has 0 aliphatic carbocycles. The molecular weight excluding hydrogens is 336 g/mol. The number of thiazole rings is 1. The van der Waals surface area contributed by atoms with Gasteiger partial charge >= 0.3 is 0 Å². The molecule has 1 amide bonds. The number of ether oxygens (including phenoxy) is 2. The van der Waals surface area contributed by atoms with E-state index in [1.165, 1.54) is 11.3 Å². The predicted molar refractivity (Wildman–Crippen MR) is 97.2 cm³/mol. The minimum Gasteiger partial charge on any atom is -0.484 e. The first kappa shape index (κ1) is 17.0. The number of benzene rings is 2. The van der Waals surface area contributed by atoms with Crippen molar-refractivity contribution < 1.29 is 14.3 Å². The molecule has 6 heteroatoms. The van der Waals surface area contributed by atoms with Gasteiger partial charge in [-0.1, -0.05) is 41.2 Å². The number of hydrogen-bond donors (Lipinski definition) is 1. The van der Waals surface area contributed by atoms with Crippen molar-refractivity contribution in [3.8, 4) is 16.7 Å². The number of nitrogens with one attached hydrogen (secondary N) is 1. The molecule has 0 saturated heterocycles. The highest BCUT2D eigenvalue weighted by atomic mass is 32.1. The van der Waals surface area contributed by atoms with Crippen LogP contribution in [0.15, 0.2) is 60.1 Å². The van der Waals surface area contributed by atoms with Crippen LogP contribution in [-0.4, -0.2) is 17.5 Å². The van der Waals surface area contributed by atoms with Gasteiger partial charge in [-0.25, -0.2) is 4.98 Å². The Morgan fingerprint density at radius 3 is 2.48 bits per heavy atom. The summed E-state index contributed by atoms with van der Waals surface area (Å²) in [5.41, 5.74) is 2.13. The van der Waals surface area contributed by atoms with Crippen molar-refractivity contribution >= 4 is 17.2 Å². The van der Waals surface area contributed by atoms with Crippen LogP contribution in [0, 0.1) is 6.92 Å². The van der Waals surface area contributed by atoms with E-state index in [0.717, 1.165) is 11.1 Å². The zero-order chi connectivity index (χ0) is 17.5. The molecule has 0 unspecified atom stereocenters. The van der Waals surface area contributed by atoms with Crippen molar-refractivity contribution in [2.75, 3.05) is 6.61 Å². The number of hydrogen-bond acceptors (Lipinski definition) is 5. The van der Waals surface area contributed by atoms with Crippen LogP contribution in [0.1, 0.15) is 11.1 Å².